The maximum absolute atomic E-state index is 11.0. The lowest BCUT2D eigenvalue weighted by atomic mass is 10.0. The Bertz CT molecular complexity index is 380. The normalized spacial score (nSPS) is 20.6. The van der Waals surface area contributed by atoms with E-state index in [9.17, 15) is 4.79 Å². The molecule has 0 amide bonds. The van der Waals surface area contributed by atoms with Gasteiger partial charge in [0, 0.05) is 6.42 Å². The summed E-state index contributed by atoms with van der Waals surface area (Å²) in [6.07, 6.45) is 14.1. The third-order valence-electron chi connectivity index (χ3n) is 4.18. The zero-order valence-electron chi connectivity index (χ0n) is 13.5. The molecule has 0 bridgehead atoms. The number of amidine groups is 1. The van der Waals surface area contributed by atoms with Crippen molar-refractivity contribution in [1.82, 2.24) is 0 Å². The smallest absolute Gasteiger partial charge is 0.306 e. The zero-order chi connectivity index (χ0) is 16.2. The van der Waals surface area contributed by atoms with Gasteiger partial charge in [0.15, 0.2) is 0 Å². The molecule has 5 N–H and O–H groups in total. The van der Waals surface area contributed by atoms with Crippen molar-refractivity contribution in [3.05, 3.63) is 12.2 Å². The van der Waals surface area contributed by atoms with Crippen molar-refractivity contribution in [2.75, 3.05) is 6.54 Å². The number of aliphatic imine (C=N–C) groups is 1. The average Bonchev–Trinajstić information content (AvgIpc) is 2.69. The second-order valence-electron chi connectivity index (χ2n) is 6.12. The van der Waals surface area contributed by atoms with Gasteiger partial charge in [-0.1, -0.05) is 25.0 Å². The first-order valence-electron chi connectivity index (χ1n) is 8.53. The van der Waals surface area contributed by atoms with Crippen molar-refractivity contribution in [3.63, 3.8) is 0 Å². The van der Waals surface area contributed by atoms with Crippen molar-refractivity contribution in [1.29, 1.82) is 0 Å². The summed E-state index contributed by atoms with van der Waals surface area (Å²) in [6.45, 7) is 0.426. The zero-order valence-corrected chi connectivity index (χ0v) is 13.5. The summed E-state index contributed by atoms with van der Waals surface area (Å²) in [5.74, 6) is -0.273. The average molecular weight is 309 g/mol. The molecule has 1 rings (SSSR count). The summed E-state index contributed by atoms with van der Waals surface area (Å²) in [6, 6.07) is 0.410. The van der Waals surface area contributed by atoms with Crippen LogP contribution in [0.25, 0.3) is 0 Å². The summed E-state index contributed by atoms with van der Waals surface area (Å²) in [5, 5.41) is 9.02. The summed E-state index contributed by atoms with van der Waals surface area (Å²) in [5.41, 5.74) is 11.3. The fourth-order valence-corrected chi connectivity index (χ4v) is 2.82. The number of rotatable bonds is 10. The van der Waals surface area contributed by atoms with Gasteiger partial charge < -0.3 is 16.6 Å². The predicted molar refractivity (Wildman–Crippen MR) is 90.9 cm³/mol. The Balaban J connectivity index is 2.13. The Morgan fingerprint density at radius 2 is 2.18 bits per heavy atom. The number of aliphatic carboxylic acids is 1. The molecular formula is C17H31N3O2. The number of hydrogen-bond donors (Lipinski definition) is 3. The first-order chi connectivity index (χ1) is 10.6. The molecular weight excluding hydrogens is 278 g/mol. The van der Waals surface area contributed by atoms with Gasteiger partial charge in [-0.2, -0.15) is 0 Å². The highest BCUT2D eigenvalue weighted by Gasteiger charge is 2.14. The van der Waals surface area contributed by atoms with Gasteiger partial charge >= 0.3 is 5.97 Å². The Kier molecular flexibility index (Phi) is 9.55. The summed E-state index contributed by atoms with van der Waals surface area (Å²) in [4.78, 5) is 15.5. The van der Waals surface area contributed by atoms with Gasteiger partial charge in [0.1, 0.15) is 0 Å². The van der Waals surface area contributed by atoms with Gasteiger partial charge in [-0.25, -0.2) is 0 Å². The van der Waals surface area contributed by atoms with Crippen molar-refractivity contribution in [2.45, 2.75) is 70.3 Å². The molecule has 0 radical (unpaired) electrons. The van der Waals surface area contributed by atoms with Crippen molar-refractivity contribution < 1.29 is 9.90 Å². The number of nitrogens with zero attached hydrogens (tertiary/aromatic N) is 1. The number of nitrogens with two attached hydrogens (primary N) is 2. The molecule has 0 spiro atoms. The van der Waals surface area contributed by atoms with Gasteiger partial charge in [0.05, 0.1) is 17.8 Å². The van der Waals surface area contributed by atoms with Crippen LogP contribution in [-0.4, -0.2) is 29.5 Å². The van der Waals surface area contributed by atoms with E-state index in [0.717, 1.165) is 44.4 Å². The largest absolute Gasteiger partial charge is 0.481 e. The molecule has 0 saturated heterocycles. The topological polar surface area (TPSA) is 102 Å². The van der Waals surface area contributed by atoms with Crippen LogP contribution in [-0.2, 0) is 4.79 Å². The van der Waals surface area contributed by atoms with E-state index in [1.807, 2.05) is 6.08 Å². The molecule has 0 aromatic carbocycles. The minimum absolute atomic E-state index is 0.343. The minimum Gasteiger partial charge on any atom is -0.481 e. The maximum Gasteiger partial charge on any atom is 0.306 e. The van der Waals surface area contributed by atoms with E-state index in [0.29, 0.717) is 25.4 Å². The number of carboxylic acids is 1. The molecule has 0 aromatic heterocycles. The Morgan fingerprint density at radius 1 is 1.36 bits per heavy atom. The molecule has 2 atom stereocenters. The summed E-state index contributed by atoms with van der Waals surface area (Å²) >= 11 is 0. The Labute approximate surface area is 133 Å². The van der Waals surface area contributed by atoms with Gasteiger partial charge in [0.25, 0.3) is 0 Å². The SMILES string of the molecule is NCCC(C/C=C/CCCCC1CCCCC(N)=N1)C(=O)O. The first-order valence-corrected chi connectivity index (χ1v) is 8.53. The van der Waals surface area contributed by atoms with Crippen LogP contribution in [0.3, 0.4) is 0 Å². The molecule has 0 aromatic rings. The molecule has 0 saturated carbocycles. The van der Waals surface area contributed by atoms with E-state index >= 15 is 0 Å². The molecule has 1 aliphatic rings. The molecule has 1 aliphatic heterocycles. The van der Waals surface area contributed by atoms with Gasteiger partial charge in [-0.15, -0.1) is 0 Å². The molecule has 126 valence electrons. The standard InChI is InChI=1S/C17H31N3O2/c18-13-12-14(17(21)22)8-4-2-1-3-5-9-15-10-6-7-11-16(19)20-15/h2,4,14-15H,1,3,5-13,18H2,(H2,19,20)(H,21,22)/b4-2+. The molecule has 0 aliphatic carbocycles. The molecule has 2 unspecified atom stereocenters. The number of carboxylic acid groups (broad SMARTS) is 1. The van der Waals surface area contributed by atoms with Crippen LogP contribution in [0.2, 0.25) is 0 Å². The van der Waals surface area contributed by atoms with Gasteiger partial charge in [0.2, 0.25) is 0 Å². The van der Waals surface area contributed by atoms with E-state index in [-0.39, 0.29) is 5.92 Å². The van der Waals surface area contributed by atoms with E-state index in [1.54, 1.807) is 0 Å². The third kappa shape index (κ3) is 8.17. The highest BCUT2D eigenvalue weighted by atomic mass is 16.4. The van der Waals surface area contributed by atoms with Crippen molar-refractivity contribution in [2.24, 2.45) is 22.4 Å². The van der Waals surface area contributed by atoms with E-state index in [4.69, 9.17) is 16.6 Å². The highest BCUT2D eigenvalue weighted by Crippen LogP contribution is 2.18. The van der Waals surface area contributed by atoms with E-state index in [2.05, 4.69) is 11.1 Å². The van der Waals surface area contributed by atoms with Crippen LogP contribution < -0.4 is 11.5 Å². The van der Waals surface area contributed by atoms with Crippen LogP contribution in [0.1, 0.15) is 64.2 Å². The van der Waals surface area contributed by atoms with Gasteiger partial charge in [-0.3, -0.25) is 9.79 Å². The monoisotopic (exact) mass is 309 g/mol. The Morgan fingerprint density at radius 3 is 2.91 bits per heavy atom. The van der Waals surface area contributed by atoms with Crippen molar-refractivity contribution in [3.8, 4) is 0 Å². The molecule has 5 nitrogen and oxygen atoms in total. The first kappa shape index (κ1) is 18.7. The molecule has 5 heteroatoms. The number of unbranched alkanes of at least 4 members (excludes halogenated alkanes) is 2. The number of carbonyl (C=O) groups is 1. The second kappa shape index (κ2) is 11.2. The third-order valence-corrected chi connectivity index (χ3v) is 4.18. The van der Waals surface area contributed by atoms with Crippen LogP contribution in [0.15, 0.2) is 17.1 Å². The number of allylic oxidation sites excluding steroid dienone is 2. The van der Waals surface area contributed by atoms with Crippen LogP contribution in [0, 0.1) is 5.92 Å². The Hall–Kier alpha value is -1.36. The number of hydrogen-bond acceptors (Lipinski definition) is 4. The van der Waals surface area contributed by atoms with Crippen LogP contribution >= 0.6 is 0 Å². The lowest BCUT2D eigenvalue weighted by Gasteiger charge is -2.10. The predicted octanol–water partition coefficient (Wildman–Crippen LogP) is 2.84. The minimum atomic E-state index is -0.751. The highest BCUT2D eigenvalue weighted by molar-refractivity contribution is 5.80. The second-order valence-corrected chi connectivity index (χ2v) is 6.12. The molecule has 0 fully saturated rings. The summed E-state index contributed by atoms with van der Waals surface area (Å²) in [7, 11) is 0. The fraction of sp³-hybridized carbons (Fsp3) is 0.765. The van der Waals surface area contributed by atoms with E-state index < -0.39 is 5.97 Å². The van der Waals surface area contributed by atoms with Crippen molar-refractivity contribution >= 4 is 11.8 Å². The van der Waals surface area contributed by atoms with Gasteiger partial charge in [-0.05, 0) is 51.5 Å². The van der Waals surface area contributed by atoms with Crippen LogP contribution in [0.5, 0.6) is 0 Å². The quantitative estimate of drug-likeness (QED) is 0.426. The maximum atomic E-state index is 11.0. The lowest BCUT2D eigenvalue weighted by Crippen LogP contribution is -2.17. The lowest BCUT2D eigenvalue weighted by molar-refractivity contribution is -0.141. The molecule has 22 heavy (non-hydrogen) atoms. The van der Waals surface area contributed by atoms with Crippen LogP contribution in [0.4, 0.5) is 0 Å². The van der Waals surface area contributed by atoms with E-state index in [1.165, 1.54) is 12.8 Å². The fourth-order valence-electron chi connectivity index (χ4n) is 2.82. The molecule has 1 heterocycles. The summed E-state index contributed by atoms with van der Waals surface area (Å²) < 4.78 is 0.